The van der Waals surface area contributed by atoms with E-state index in [9.17, 15) is 22.8 Å². The SMILES string of the molecule is COc1cccc(NC(=O)C[NH+](C)CC(=O)c2cc(C)n(CC(F)(F)F)c2C)c1. The van der Waals surface area contributed by atoms with Gasteiger partial charge in [0.1, 0.15) is 18.8 Å². The molecule has 1 atom stereocenters. The molecule has 0 radical (unpaired) electrons. The van der Waals surface area contributed by atoms with Crippen molar-refractivity contribution in [2.24, 2.45) is 0 Å². The number of halogens is 3. The summed E-state index contributed by atoms with van der Waals surface area (Å²) >= 11 is 0. The molecule has 2 aromatic rings. The number of nitrogens with zero attached hydrogens (tertiary/aromatic N) is 1. The molecule has 0 saturated heterocycles. The topological polar surface area (TPSA) is 64.8 Å². The van der Waals surface area contributed by atoms with Crippen LogP contribution in [0, 0.1) is 13.8 Å². The number of hydrogen-bond acceptors (Lipinski definition) is 3. The van der Waals surface area contributed by atoms with E-state index in [0.29, 0.717) is 22.0 Å². The van der Waals surface area contributed by atoms with Crippen molar-refractivity contribution in [3.05, 3.63) is 47.3 Å². The summed E-state index contributed by atoms with van der Waals surface area (Å²) in [5.74, 6) is 0.0113. The minimum absolute atomic E-state index is 0.0121. The molecule has 6 nitrogen and oxygen atoms in total. The number of carbonyl (C=O) groups is 2. The quantitative estimate of drug-likeness (QED) is 0.652. The van der Waals surface area contributed by atoms with Crippen LogP contribution in [0.25, 0.3) is 0 Å². The number of aromatic nitrogens is 1. The maximum absolute atomic E-state index is 12.7. The van der Waals surface area contributed by atoms with Crippen LogP contribution in [0.5, 0.6) is 5.75 Å². The molecule has 1 amide bonds. The fourth-order valence-corrected chi connectivity index (χ4v) is 3.12. The maximum atomic E-state index is 12.7. The predicted molar refractivity (Wildman–Crippen MR) is 103 cm³/mol. The summed E-state index contributed by atoms with van der Waals surface area (Å²) in [5, 5.41) is 2.73. The summed E-state index contributed by atoms with van der Waals surface area (Å²) in [6.07, 6.45) is -4.37. The van der Waals surface area contributed by atoms with E-state index in [0.717, 1.165) is 4.57 Å². The molecule has 1 unspecified atom stereocenters. The molecule has 0 fully saturated rings. The number of alkyl halides is 3. The van der Waals surface area contributed by atoms with Crippen molar-refractivity contribution >= 4 is 17.4 Å². The van der Waals surface area contributed by atoms with Crippen molar-refractivity contribution in [1.29, 1.82) is 0 Å². The zero-order valence-corrected chi connectivity index (χ0v) is 16.8. The van der Waals surface area contributed by atoms with Gasteiger partial charge in [0.05, 0.1) is 14.2 Å². The first-order chi connectivity index (χ1) is 13.5. The van der Waals surface area contributed by atoms with Gasteiger partial charge in [0.2, 0.25) is 5.78 Å². The molecule has 2 rings (SSSR count). The summed E-state index contributed by atoms with van der Waals surface area (Å²) in [5.41, 5.74) is 1.47. The number of carbonyl (C=O) groups excluding carboxylic acids is 2. The first-order valence-electron chi connectivity index (χ1n) is 9.02. The van der Waals surface area contributed by atoms with Crippen LogP contribution in [0.15, 0.2) is 30.3 Å². The Hall–Kier alpha value is -2.81. The third-order valence-corrected chi connectivity index (χ3v) is 4.49. The van der Waals surface area contributed by atoms with E-state index in [1.54, 1.807) is 31.3 Å². The van der Waals surface area contributed by atoms with E-state index < -0.39 is 12.7 Å². The van der Waals surface area contributed by atoms with E-state index in [4.69, 9.17) is 4.74 Å². The number of nitrogens with one attached hydrogen (secondary N) is 2. The van der Waals surface area contributed by atoms with Crippen LogP contribution in [0.4, 0.5) is 18.9 Å². The number of amides is 1. The molecule has 0 aliphatic carbocycles. The summed E-state index contributed by atoms with van der Waals surface area (Å²) in [6.45, 7) is 1.92. The van der Waals surface area contributed by atoms with E-state index in [1.165, 1.54) is 27.0 Å². The largest absolute Gasteiger partial charge is 0.497 e. The van der Waals surface area contributed by atoms with Crippen molar-refractivity contribution in [3.8, 4) is 5.75 Å². The van der Waals surface area contributed by atoms with Gasteiger partial charge in [-0.1, -0.05) is 6.07 Å². The molecule has 0 aliphatic heterocycles. The van der Waals surface area contributed by atoms with E-state index in [1.807, 2.05) is 0 Å². The number of rotatable bonds is 8. The van der Waals surface area contributed by atoms with Crippen molar-refractivity contribution in [3.63, 3.8) is 0 Å². The smallest absolute Gasteiger partial charge is 0.406 e. The molecule has 0 aliphatic rings. The Bertz CT molecular complexity index is 891. The molecule has 0 bridgehead atoms. The number of anilines is 1. The molecule has 9 heteroatoms. The average molecular weight is 412 g/mol. The van der Waals surface area contributed by atoms with Crippen molar-refractivity contribution in [2.75, 3.05) is 32.6 Å². The summed E-state index contributed by atoms with van der Waals surface area (Å²) in [4.78, 5) is 25.4. The molecule has 1 aromatic heterocycles. The van der Waals surface area contributed by atoms with E-state index in [-0.39, 0.29) is 36.0 Å². The fourth-order valence-electron chi connectivity index (χ4n) is 3.12. The van der Waals surface area contributed by atoms with Gasteiger partial charge in [-0.3, -0.25) is 9.59 Å². The van der Waals surface area contributed by atoms with Gasteiger partial charge in [0.25, 0.3) is 5.91 Å². The summed E-state index contributed by atoms with van der Waals surface area (Å²) < 4.78 is 44.4. The van der Waals surface area contributed by atoms with Gasteiger partial charge in [0, 0.05) is 28.7 Å². The van der Waals surface area contributed by atoms with Gasteiger partial charge in [-0.15, -0.1) is 0 Å². The zero-order valence-electron chi connectivity index (χ0n) is 16.8. The second-order valence-electron chi connectivity index (χ2n) is 7.00. The second-order valence-corrected chi connectivity index (χ2v) is 7.00. The van der Waals surface area contributed by atoms with Gasteiger partial charge < -0.3 is 19.5 Å². The highest BCUT2D eigenvalue weighted by Gasteiger charge is 2.30. The number of ether oxygens (including phenoxy) is 1. The lowest BCUT2D eigenvalue weighted by atomic mass is 10.1. The number of hydrogen-bond donors (Lipinski definition) is 2. The zero-order chi connectivity index (χ0) is 21.8. The summed E-state index contributed by atoms with van der Waals surface area (Å²) in [7, 11) is 3.20. The first-order valence-corrected chi connectivity index (χ1v) is 9.02. The Morgan fingerprint density at radius 3 is 2.48 bits per heavy atom. The number of methoxy groups -OCH3 is 1. The number of quaternary nitrogens is 1. The number of ketones is 1. The molecule has 1 heterocycles. The van der Waals surface area contributed by atoms with Crippen LogP contribution in [0.3, 0.4) is 0 Å². The molecule has 158 valence electrons. The average Bonchev–Trinajstić information content (AvgIpc) is 2.88. The Balaban J connectivity index is 1.98. The Morgan fingerprint density at radius 1 is 1.17 bits per heavy atom. The summed E-state index contributed by atoms with van der Waals surface area (Å²) in [6, 6.07) is 8.35. The molecular formula is C20H25F3N3O3+. The molecule has 2 N–H and O–H groups in total. The lowest BCUT2D eigenvalue weighted by molar-refractivity contribution is -0.861. The Morgan fingerprint density at radius 2 is 1.86 bits per heavy atom. The predicted octanol–water partition coefficient (Wildman–Crippen LogP) is 2.01. The fraction of sp³-hybridized carbons (Fsp3) is 0.400. The van der Waals surface area contributed by atoms with Crippen LogP contribution >= 0.6 is 0 Å². The van der Waals surface area contributed by atoms with Crippen LogP contribution in [0.1, 0.15) is 21.7 Å². The van der Waals surface area contributed by atoms with Gasteiger partial charge in [0.15, 0.2) is 6.54 Å². The monoisotopic (exact) mass is 412 g/mol. The molecular weight excluding hydrogens is 387 g/mol. The normalized spacial score (nSPS) is 12.5. The van der Waals surface area contributed by atoms with Gasteiger partial charge in [-0.2, -0.15) is 13.2 Å². The number of Topliss-reactive ketones (excluding diaryl/α,β-unsaturated/α-hetero) is 1. The number of benzene rings is 1. The van der Waals surface area contributed by atoms with E-state index >= 15 is 0 Å². The maximum Gasteiger partial charge on any atom is 0.406 e. The minimum atomic E-state index is -4.37. The molecule has 29 heavy (non-hydrogen) atoms. The lowest BCUT2D eigenvalue weighted by Crippen LogP contribution is -3.11. The van der Waals surface area contributed by atoms with Gasteiger partial charge in [-0.25, -0.2) is 0 Å². The highest BCUT2D eigenvalue weighted by Crippen LogP contribution is 2.23. The molecule has 0 spiro atoms. The highest BCUT2D eigenvalue weighted by atomic mass is 19.4. The lowest BCUT2D eigenvalue weighted by Gasteiger charge is -2.14. The first kappa shape index (κ1) is 22.5. The second kappa shape index (κ2) is 9.13. The van der Waals surface area contributed by atoms with Gasteiger partial charge >= 0.3 is 6.18 Å². The number of likely N-dealkylation sites (N-methyl/N-ethyl adjacent to an activating group) is 1. The standard InChI is InChI=1S/C20H24F3N3O3/c1-13-8-17(14(2)26(13)12-20(21,22)23)18(27)10-25(3)11-19(28)24-15-6-5-7-16(9-15)29-4/h5-9H,10-12H2,1-4H3,(H,24,28)/p+1. The van der Waals surface area contributed by atoms with Crippen molar-refractivity contribution in [1.82, 2.24) is 4.57 Å². The Kier molecular flexibility index (Phi) is 7.07. The van der Waals surface area contributed by atoms with Crippen LogP contribution in [-0.2, 0) is 11.3 Å². The third kappa shape index (κ3) is 6.35. The molecule has 0 saturated carbocycles. The van der Waals surface area contributed by atoms with Crippen molar-refractivity contribution < 1.29 is 32.4 Å². The van der Waals surface area contributed by atoms with Crippen LogP contribution < -0.4 is 15.0 Å². The minimum Gasteiger partial charge on any atom is -0.497 e. The van der Waals surface area contributed by atoms with Gasteiger partial charge in [-0.05, 0) is 32.0 Å². The van der Waals surface area contributed by atoms with Crippen LogP contribution in [-0.4, -0.2) is 49.7 Å². The van der Waals surface area contributed by atoms with E-state index in [2.05, 4.69) is 5.32 Å². The van der Waals surface area contributed by atoms with Crippen LogP contribution in [0.2, 0.25) is 0 Å². The Labute approximate surface area is 167 Å². The third-order valence-electron chi connectivity index (χ3n) is 4.49. The molecule has 1 aromatic carbocycles. The highest BCUT2D eigenvalue weighted by molar-refractivity contribution is 5.98. The van der Waals surface area contributed by atoms with Crippen molar-refractivity contribution in [2.45, 2.75) is 26.6 Å². The number of aryl methyl sites for hydroxylation is 1.